The fourth-order valence-electron chi connectivity index (χ4n) is 1.74. The number of hydrogen-bond donors (Lipinski definition) is 1. The summed E-state index contributed by atoms with van der Waals surface area (Å²) in [5, 5.41) is 17.6. The third-order valence-electron chi connectivity index (χ3n) is 2.80. The first kappa shape index (κ1) is 16.2. The summed E-state index contributed by atoms with van der Waals surface area (Å²) in [4.78, 5) is 11.0. The number of nitriles is 1. The zero-order valence-electron chi connectivity index (χ0n) is 11.4. The van der Waals surface area contributed by atoms with Gasteiger partial charge in [0, 0.05) is 32.8 Å². The summed E-state index contributed by atoms with van der Waals surface area (Å²) in [5.41, 5.74) is -0.0564. The van der Waals surface area contributed by atoms with Crippen molar-refractivity contribution in [2.75, 3.05) is 13.6 Å². The van der Waals surface area contributed by atoms with Gasteiger partial charge in [0.25, 0.3) is 0 Å². The van der Waals surface area contributed by atoms with Crippen LogP contribution in [0.4, 0.5) is 0 Å². The number of carboxylic acid groups (broad SMARTS) is 1. The van der Waals surface area contributed by atoms with Gasteiger partial charge in [0.15, 0.2) is 0 Å². The maximum Gasteiger partial charge on any atom is 0.352 e. The quantitative estimate of drug-likeness (QED) is 0.812. The minimum atomic E-state index is -3.77. The van der Waals surface area contributed by atoms with Crippen molar-refractivity contribution >= 4 is 16.0 Å². The minimum absolute atomic E-state index is 0.0564. The molecule has 7 nitrogen and oxygen atoms in total. The largest absolute Gasteiger partial charge is 0.477 e. The normalized spacial score (nSPS) is 11.5. The zero-order valence-corrected chi connectivity index (χ0v) is 12.2. The Kier molecular flexibility index (Phi) is 5.30. The van der Waals surface area contributed by atoms with E-state index in [0.29, 0.717) is 13.0 Å². The molecular weight excluding hydrogens is 282 g/mol. The predicted molar refractivity (Wildman–Crippen MR) is 71.7 cm³/mol. The van der Waals surface area contributed by atoms with Crippen molar-refractivity contribution in [2.24, 2.45) is 0 Å². The van der Waals surface area contributed by atoms with Gasteiger partial charge in [0.1, 0.15) is 10.6 Å². The topological polar surface area (TPSA) is 103 Å². The lowest BCUT2D eigenvalue weighted by Crippen LogP contribution is -2.27. The van der Waals surface area contributed by atoms with Gasteiger partial charge in [0.05, 0.1) is 6.07 Å². The fourth-order valence-corrected chi connectivity index (χ4v) is 2.95. The molecule has 0 aliphatic carbocycles. The van der Waals surface area contributed by atoms with E-state index in [9.17, 15) is 13.2 Å². The summed E-state index contributed by atoms with van der Waals surface area (Å²) >= 11 is 0. The van der Waals surface area contributed by atoms with Gasteiger partial charge in [-0.25, -0.2) is 13.2 Å². The summed E-state index contributed by atoms with van der Waals surface area (Å²) in [6, 6.07) is 3.02. The molecule has 0 aliphatic heterocycles. The Morgan fingerprint density at radius 2 is 2.20 bits per heavy atom. The van der Waals surface area contributed by atoms with Gasteiger partial charge in [-0.1, -0.05) is 6.92 Å². The first-order chi connectivity index (χ1) is 9.34. The van der Waals surface area contributed by atoms with E-state index >= 15 is 0 Å². The van der Waals surface area contributed by atoms with Crippen molar-refractivity contribution in [3.8, 4) is 6.07 Å². The highest BCUT2D eigenvalue weighted by atomic mass is 32.2. The van der Waals surface area contributed by atoms with E-state index in [0.717, 1.165) is 10.4 Å². The first-order valence-electron chi connectivity index (χ1n) is 6.11. The summed E-state index contributed by atoms with van der Waals surface area (Å²) < 4.78 is 26.9. The molecule has 0 atom stereocenters. The van der Waals surface area contributed by atoms with Gasteiger partial charge in [-0.05, 0) is 12.5 Å². The highest BCUT2D eigenvalue weighted by Crippen LogP contribution is 2.19. The number of rotatable bonds is 7. The molecule has 0 saturated heterocycles. The SMILES string of the molecule is CCCn1cc(S(=O)(=O)N(C)CCC#N)cc1C(=O)O. The van der Waals surface area contributed by atoms with Crippen molar-refractivity contribution in [3.05, 3.63) is 18.0 Å². The van der Waals surface area contributed by atoms with Crippen molar-refractivity contribution in [2.45, 2.75) is 31.2 Å². The molecule has 0 saturated carbocycles. The minimum Gasteiger partial charge on any atom is -0.477 e. The molecule has 1 aromatic heterocycles. The lowest BCUT2D eigenvalue weighted by Gasteiger charge is -2.14. The van der Waals surface area contributed by atoms with Crippen LogP contribution in [0.15, 0.2) is 17.2 Å². The molecule has 0 spiro atoms. The second-order valence-corrected chi connectivity index (χ2v) is 6.34. The summed E-state index contributed by atoms with van der Waals surface area (Å²) in [5.74, 6) is -1.17. The molecule has 1 heterocycles. The highest BCUT2D eigenvalue weighted by molar-refractivity contribution is 7.89. The van der Waals surface area contributed by atoms with Gasteiger partial charge in [-0.2, -0.15) is 9.57 Å². The molecule has 110 valence electrons. The van der Waals surface area contributed by atoms with E-state index in [1.54, 1.807) is 0 Å². The summed E-state index contributed by atoms with van der Waals surface area (Å²) in [6.07, 6.45) is 2.10. The number of carboxylic acids is 1. The maximum atomic E-state index is 12.2. The van der Waals surface area contributed by atoms with Crippen LogP contribution in [0, 0.1) is 11.3 Å². The van der Waals surface area contributed by atoms with Gasteiger partial charge < -0.3 is 9.67 Å². The van der Waals surface area contributed by atoms with E-state index in [-0.39, 0.29) is 23.6 Å². The molecule has 0 fully saturated rings. The number of carbonyl (C=O) groups is 1. The van der Waals surface area contributed by atoms with Crippen LogP contribution in [0.3, 0.4) is 0 Å². The second-order valence-electron chi connectivity index (χ2n) is 4.29. The van der Waals surface area contributed by atoms with Gasteiger partial charge >= 0.3 is 5.97 Å². The molecule has 1 aromatic rings. The van der Waals surface area contributed by atoms with Crippen LogP contribution in [0.25, 0.3) is 0 Å². The molecule has 0 aliphatic rings. The molecule has 8 heteroatoms. The van der Waals surface area contributed by atoms with Crippen molar-refractivity contribution in [3.63, 3.8) is 0 Å². The van der Waals surface area contributed by atoms with Crippen LogP contribution in [0.2, 0.25) is 0 Å². The Bertz CT molecular complexity index is 628. The van der Waals surface area contributed by atoms with Gasteiger partial charge in [0.2, 0.25) is 10.0 Å². The number of aromatic carboxylic acids is 1. The van der Waals surface area contributed by atoms with Crippen LogP contribution in [0.1, 0.15) is 30.3 Å². The van der Waals surface area contributed by atoms with Crippen LogP contribution in [0.5, 0.6) is 0 Å². The second kappa shape index (κ2) is 6.54. The molecule has 20 heavy (non-hydrogen) atoms. The molecule has 0 radical (unpaired) electrons. The Morgan fingerprint density at radius 1 is 1.55 bits per heavy atom. The van der Waals surface area contributed by atoms with Crippen molar-refractivity contribution < 1.29 is 18.3 Å². The van der Waals surface area contributed by atoms with E-state index in [2.05, 4.69) is 0 Å². The van der Waals surface area contributed by atoms with E-state index in [1.165, 1.54) is 17.8 Å². The number of aryl methyl sites for hydroxylation is 1. The van der Waals surface area contributed by atoms with Crippen molar-refractivity contribution in [1.29, 1.82) is 5.26 Å². The van der Waals surface area contributed by atoms with Crippen molar-refractivity contribution in [1.82, 2.24) is 8.87 Å². The molecule has 1 rings (SSSR count). The first-order valence-corrected chi connectivity index (χ1v) is 7.55. The van der Waals surface area contributed by atoms with E-state index < -0.39 is 16.0 Å². The third kappa shape index (κ3) is 3.37. The predicted octanol–water partition coefficient (Wildman–Crippen LogP) is 1.13. The number of aromatic nitrogens is 1. The number of hydrogen-bond acceptors (Lipinski definition) is 4. The van der Waals surface area contributed by atoms with Gasteiger partial charge in [-0.3, -0.25) is 0 Å². The maximum absolute atomic E-state index is 12.2. The average molecular weight is 299 g/mol. The van der Waals surface area contributed by atoms with Gasteiger partial charge in [-0.15, -0.1) is 0 Å². The Hall–Kier alpha value is -1.85. The van der Waals surface area contributed by atoms with Crippen LogP contribution >= 0.6 is 0 Å². The van der Waals surface area contributed by atoms with Crippen LogP contribution in [-0.4, -0.2) is 42.0 Å². The lowest BCUT2D eigenvalue weighted by atomic mass is 10.4. The molecule has 1 N–H and O–H groups in total. The lowest BCUT2D eigenvalue weighted by molar-refractivity contribution is 0.0685. The molecule has 0 bridgehead atoms. The summed E-state index contributed by atoms with van der Waals surface area (Å²) in [7, 11) is -2.40. The third-order valence-corrected chi connectivity index (χ3v) is 4.62. The van der Waals surface area contributed by atoms with E-state index in [4.69, 9.17) is 10.4 Å². The monoisotopic (exact) mass is 299 g/mol. The van der Waals surface area contributed by atoms with E-state index in [1.807, 2.05) is 13.0 Å². The Morgan fingerprint density at radius 3 is 2.70 bits per heavy atom. The zero-order chi connectivity index (χ0) is 15.3. The molecular formula is C12H17N3O4S. The number of sulfonamides is 1. The fraction of sp³-hybridized carbons (Fsp3) is 0.500. The molecule has 0 unspecified atom stereocenters. The molecule has 0 aromatic carbocycles. The highest BCUT2D eigenvalue weighted by Gasteiger charge is 2.24. The average Bonchev–Trinajstić information content (AvgIpc) is 2.81. The molecule has 0 amide bonds. The van der Waals surface area contributed by atoms with Crippen LogP contribution in [-0.2, 0) is 16.6 Å². The Labute approximate surface area is 118 Å². The number of nitrogens with zero attached hydrogens (tertiary/aromatic N) is 3. The smallest absolute Gasteiger partial charge is 0.352 e. The standard InChI is InChI=1S/C12H17N3O4S/c1-3-6-15-9-10(8-11(15)12(16)17)20(18,19)14(2)7-4-5-13/h8-9H,3-4,6-7H2,1-2H3,(H,16,17). The summed E-state index contributed by atoms with van der Waals surface area (Å²) in [6.45, 7) is 2.37. The van der Waals surface area contributed by atoms with Crippen LogP contribution < -0.4 is 0 Å². The Balaban J connectivity index is 3.16.